The molecule has 16 heavy (non-hydrogen) atoms. The Balaban J connectivity index is 3.03. The molecule has 1 N–H and O–H groups in total. The highest BCUT2D eigenvalue weighted by molar-refractivity contribution is 5.85. The molecule has 0 aliphatic rings. The second kappa shape index (κ2) is 4.57. The van der Waals surface area contributed by atoms with E-state index in [1.807, 2.05) is 27.7 Å². The van der Waals surface area contributed by atoms with E-state index in [2.05, 4.69) is 9.97 Å². The van der Waals surface area contributed by atoms with Crippen molar-refractivity contribution in [2.45, 2.75) is 39.4 Å². The molecule has 0 atom stereocenters. The van der Waals surface area contributed by atoms with Gasteiger partial charge in [-0.15, -0.1) is 0 Å². The quantitative estimate of drug-likeness (QED) is 0.844. The smallest absolute Gasteiger partial charge is 0.354 e. The average Bonchev–Trinajstić information content (AvgIpc) is 2.16. The standard InChI is InChI=1S/C11H16N2O3/c1-7(2)16-11(3,4)10-12-6-5-8(13-10)9(14)15/h5-7H,1-4H3,(H,14,15). The molecule has 0 unspecified atom stereocenters. The fraction of sp³-hybridized carbons (Fsp3) is 0.545. The van der Waals surface area contributed by atoms with Crippen LogP contribution in [0.2, 0.25) is 0 Å². The van der Waals surface area contributed by atoms with E-state index in [-0.39, 0.29) is 11.8 Å². The highest BCUT2D eigenvalue weighted by Gasteiger charge is 2.26. The number of aromatic nitrogens is 2. The summed E-state index contributed by atoms with van der Waals surface area (Å²) in [6.45, 7) is 7.44. The van der Waals surface area contributed by atoms with Gasteiger partial charge in [0.1, 0.15) is 5.60 Å². The Morgan fingerprint density at radius 3 is 2.62 bits per heavy atom. The molecule has 0 spiro atoms. The fourth-order valence-corrected chi connectivity index (χ4v) is 1.41. The average molecular weight is 224 g/mol. The maximum Gasteiger partial charge on any atom is 0.354 e. The predicted molar refractivity (Wildman–Crippen MR) is 58.2 cm³/mol. The molecule has 0 aromatic carbocycles. The largest absolute Gasteiger partial charge is 0.477 e. The monoisotopic (exact) mass is 224 g/mol. The van der Waals surface area contributed by atoms with Crippen molar-refractivity contribution >= 4 is 5.97 Å². The first-order valence-corrected chi connectivity index (χ1v) is 5.07. The van der Waals surface area contributed by atoms with Gasteiger partial charge in [-0.3, -0.25) is 0 Å². The van der Waals surface area contributed by atoms with Gasteiger partial charge >= 0.3 is 5.97 Å². The molecule has 0 amide bonds. The van der Waals surface area contributed by atoms with E-state index in [4.69, 9.17) is 9.84 Å². The second-order valence-corrected chi connectivity index (χ2v) is 4.25. The van der Waals surface area contributed by atoms with Crippen LogP contribution in [-0.4, -0.2) is 27.1 Å². The topological polar surface area (TPSA) is 72.3 Å². The van der Waals surface area contributed by atoms with Crippen LogP contribution in [0.4, 0.5) is 0 Å². The molecule has 0 radical (unpaired) electrons. The van der Waals surface area contributed by atoms with Gasteiger partial charge in [0.05, 0.1) is 6.10 Å². The lowest BCUT2D eigenvalue weighted by Crippen LogP contribution is -2.28. The number of aromatic carboxylic acids is 1. The third-order valence-corrected chi connectivity index (χ3v) is 1.94. The number of nitrogens with zero attached hydrogens (tertiary/aromatic N) is 2. The van der Waals surface area contributed by atoms with Crippen molar-refractivity contribution < 1.29 is 14.6 Å². The molecule has 1 aromatic heterocycles. The van der Waals surface area contributed by atoms with Crippen LogP contribution >= 0.6 is 0 Å². The number of carbonyl (C=O) groups is 1. The lowest BCUT2D eigenvalue weighted by atomic mass is 10.1. The van der Waals surface area contributed by atoms with Crippen molar-refractivity contribution in [2.24, 2.45) is 0 Å². The zero-order chi connectivity index (χ0) is 12.3. The molecule has 0 saturated heterocycles. The van der Waals surface area contributed by atoms with Gasteiger partial charge in [-0.1, -0.05) is 0 Å². The van der Waals surface area contributed by atoms with Gasteiger partial charge in [0.2, 0.25) is 0 Å². The van der Waals surface area contributed by atoms with Crippen molar-refractivity contribution in [1.82, 2.24) is 9.97 Å². The van der Waals surface area contributed by atoms with E-state index < -0.39 is 11.6 Å². The highest BCUT2D eigenvalue weighted by Crippen LogP contribution is 2.22. The number of hydrogen-bond donors (Lipinski definition) is 1. The molecule has 1 heterocycles. The zero-order valence-electron chi connectivity index (χ0n) is 9.89. The Hall–Kier alpha value is -1.49. The van der Waals surface area contributed by atoms with Gasteiger partial charge in [-0.25, -0.2) is 14.8 Å². The third-order valence-electron chi connectivity index (χ3n) is 1.94. The van der Waals surface area contributed by atoms with Gasteiger partial charge in [0.25, 0.3) is 0 Å². The van der Waals surface area contributed by atoms with Gasteiger partial charge < -0.3 is 9.84 Å². The fourth-order valence-electron chi connectivity index (χ4n) is 1.41. The third kappa shape index (κ3) is 3.00. The first-order chi connectivity index (χ1) is 7.33. The summed E-state index contributed by atoms with van der Waals surface area (Å²) in [5, 5.41) is 8.83. The molecule has 1 rings (SSSR count). The summed E-state index contributed by atoms with van der Waals surface area (Å²) in [7, 11) is 0. The number of rotatable bonds is 4. The van der Waals surface area contributed by atoms with E-state index in [1.54, 1.807) is 0 Å². The van der Waals surface area contributed by atoms with E-state index in [9.17, 15) is 4.79 Å². The summed E-state index contributed by atoms with van der Waals surface area (Å²) in [6.07, 6.45) is 1.45. The van der Waals surface area contributed by atoms with E-state index in [0.29, 0.717) is 5.82 Å². The number of carboxylic acids is 1. The number of ether oxygens (including phenoxy) is 1. The molecule has 0 fully saturated rings. The zero-order valence-corrected chi connectivity index (χ0v) is 9.89. The Morgan fingerprint density at radius 1 is 1.50 bits per heavy atom. The SMILES string of the molecule is CC(C)OC(C)(C)c1nccc(C(=O)O)n1. The Bertz CT molecular complexity index is 389. The van der Waals surface area contributed by atoms with Crippen molar-refractivity contribution in [3.8, 4) is 0 Å². The summed E-state index contributed by atoms with van der Waals surface area (Å²) in [4.78, 5) is 18.8. The van der Waals surface area contributed by atoms with E-state index in [0.717, 1.165) is 0 Å². The molecule has 1 aromatic rings. The summed E-state index contributed by atoms with van der Waals surface area (Å²) in [6, 6.07) is 1.36. The number of hydrogen-bond acceptors (Lipinski definition) is 4. The van der Waals surface area contributed by atoms with Gasteiger partial charge in [0.15, 0.2) is 11.5 Å². The van der Waals surface area contributed by atoms with E-state index in [1.165, 1.54) is 12.3 Å². The molecule has 88 valence electrons. The molecule has 0 saturated carbocycles. The summed E-state index contributed by atoms with van der Waals surface area (Å²) < 4.78 is 5.64. The van der Waals surface area contributed by atoms with Crippen molar-refractivity contribution in [2.75, 3.05) is 0 Å². The van der Waals surface area contributed by atoms with Gasteiger partial charge in [0, 0.05) is 6.20 Å². The highest BCUT2D eigenvalue weighted by atomic mass is 16.5. The normalized spacial score (nSPS) is 11.8. The van der Waals surface area contributed by atoms with Crippen molar-refractivity contribution in [3.63, 3.8) is 0 Å². The van der Waals surface area contributed by atoms with Crippen LogP contribution in [0.15, 0.2) is 12.3 Å². The predicted octanol–water partition coefficient (Wildman–Crippen LogP) is 1.83. The van der Waals surface area contributed by atoms with Gasteiger partial charge in [-0.05, 0) is 33.8 Å². The van der Waals surface area contributed by atoms with Crippen LogP contribution in [0.3, 0.4) is 0 Å². The van der Waals surface area contributed by atoms with Crippen LogP contribution in [0, 0.1) is 0 Å². The molecule has 0 aliphatic carbocycles. The van der Waals surface area contributed by atoms with E-state index >= 15 is 0 Å². The summed E-state index contributed by atoms with van der Waals surface area (Å²) in [5.74, 6) is -0.690. The minimum Gasteiger partial charge on any atom is -0.477 e. The molecular weight excluding hydrogens is 208 g/mol. The Morgan fingerprint density at radius 2 is 2.12 bits per heavy atom. The first-order valence-electron chi connectivity index (χ1n) is 5.07. The molecule has 5 nitrogen and oxygen atoms in total. The van der Waals surface area contributed by atoms with Crippen LogP contribution in [0.5, 0.6) is 0 Å². The van der Waals surface area contributed by atoms with Crippen LogP contribution < -0.4 is 0 Å². The van der Waals surface area contributed by atoms with Gasteiger partial charge in [-0.2, -0.15) is 0 Å². The van der Waals surface area contributed by atoms with Crippen LogP contribution in [0.1, 0.15) is 44.0 Å². The lowest BCUT2D eigenvalue weighted by Gasteiger charge is -2.26. The number of carboxylic acid groups (broad SMARTS) is 1. The molecule has 0 bridgehead atoms. The second-order valence-electron chi connectivity index (χ2n) is 4.25. The lowest BCUT2D eigenvalue weighted by molar-refractivity contribution is -0.0657. The minimum atomic E-state index is -1.07. The maximum absolute atomic E-state index is 10.8. The van der Waals surface area contributed by atoms with Crippen LogP contribution in [0.25, 0.3) is 0 Å². The first kappa shape index (κ1) is 12.6. The Labute approximate surface area is 94.5 Å². The maximum atomic E-state index is 10.8. The Kier molecular flexibility index (Phi) is 3.59. The minimum absolute atomic E-state index is 0.0204. The van der Waals surface area contributed by atoms with Crippen molar-refractivity contribution in [1.29, 1.82) is 0 Å². The molecular formula is C11H16N2O3. The summed E-state index contributed by atoms with van der Waals surface area (Å²) in [5.41, 5.74) is -0.718. The summed E-state index contributed by atoms with van der Waals surface area (Å²) >= 11 is 0. The van der Waals surface area contributed by atoms with Crippen LogP contribution in [-0.2, 0) is 10.3 Å². The molecule has 5 heteroatoms. The van der Waals surface area contributed by atoms with Crippen molar-refractivity contribution in [3.05, 3.63) is 23.8 Å². The molecule has 0 aliphatic heterocycles.